The molecular formula is C28H24ClFN4O3. The number of nitrogens with one attached hydrogen (secondary N) is 1. The summed E-state index contributed by atoms with van der Waals surface area (Å²) >= 11 is 6.13. The third-order valence-electron chi connectivity index (χ3n) is 6.05. The zero-order valence-corrected chi connectivity index (χ0v) is 21.0. The summed E-state index contributed by atoms with van der Waals surface area (Å²) in [6.07, 6.45) is -0.799. The number of carbonyl (C=O) groups is 1. The van der Waals surface area contributed by atoms with E-state index in [1.54, 1.807) is 6.07 Å². The number of oxime groups is 1. The lowest BCUT2D eigenvalue weighted by molar-refractivity contribution is -0.125. The lowest BCUT2D eigenvalue weighted by Gasteiger charge is -2.11. The smallest absolute Gasteiger partial charge is 0.268 e. The van der Waals surface area contributed by atoms with E-state index in [9.17, 15) is 9.18 Å². The van der Waals surface area contributed by atoms with Gasteiger partial charge in [-0.25, -0.2) is 4.39 Å². The molecule has 1 unspecified atom stereocenters. The Labute approximate surface area is 218 Å². The van der Waals surface area contributed by atoms with Crippen molar-refractivity contribution >= 4 is 28.9 Å². The van der Waals surface area contributed by atoms with Crippen molar-refractivity contribution in [2.45, 2.75) is 32.9 Å². The summed E-state index contributed by atoms with van der Waals surface area (Å²) < 4.78 is 22.0. The number of anilines is 1. The van der Waals surface area contributed by atoms with Gasteiger partial charge >= 0.3 is 0 Å². The van der Waals surface area contributed by atoms with Gasteiger partial charge in [0, 0.05) is 6.42 Å². The first-order valence-corrected chi connectivity index (χ1v) is 12.1. The molecule has 1 aliphatic heterocycles. The number of nitrogens with zero attached hydrogens (tertiary/aromatic N) is 3. The number of ether oxygens (including phenoxy) is 1. The van der Waals surface area contributed by atoms with Crippen LogP contribution in [0.25, 0.3) is 0 Å². The molecule has 5 rings (SSSR count). The Morgan fingerprint density at radius 3 is 2.65 bits per heavy atom. The number of hydrogen-bond acceptors (Lipinski definition) is 5. The molecule has 0 spiro atoms. The number of halogens is 2. The minimum atomic E-state index is -0.903. The fraction of sp³-hybridized carbons (Fsp3) is 0.179. The van der Waals surface area contributed by atoms with Crippen LogP contribution in [-0.4, -0.2) is 27.5 Å². The maximum Gasteiger partial charge on any atom is 0.268 e. The van der Waals surface area contributed by atoms with Gasteiger partial charge in [0.25, 0.3) is 5.91 Å². The molecular weight excluding hydrogens is 495 g/mol. The van der Waals surface area contributed by atoms with E-state index in [0.717, 1.165) is 22.8 Å². The summed E-state index contributed by atoms with van der Waals surface area (Å²) in [6, 6.07) is 21.7. The van der Waals surface area contributed by atoms with Crippen molar-refractivity contribution in [3.8, 4) is 11.5 Å². The van der Waals surface area contributed by atoms with Crippen molar-refractivity contribution < 1.29 is 18.8 Å². The van der Waals surface area contributed by atoms with Crippen LogP contribution in [0.2, 0.25) is 5.02 Å². The monoisotopic (exact) mass is 518 g/mol. The van der Waals surface area contributed by atoms with Gasteiger partial charge in [-0.05, 0) is 55.8 Å². The number of rotatable bonds is 7. The van der Waals surface area contributed by atoms with Crippen LogP contribution in [0, 0.1) is 19.7 Å². The molecule has 7 nitrogen and oxygen atoms in total. The quantitative estimate of drug-likeness (QED) is 0.313. The summed E-state index contributed by atoms with van der Waals surface area (Å²) in [4.78, 5) is 18.3. The Bertz CT molecular complexity index is 1470. The first-order valence-electron chi connectivity index (χ1n) is 11.7. The highest BCUT2D eigenvalue weighted by Crippen LogP contribution is 2.28. The van der Waals surface area contributed by atoms with E-state index in [2.05, 4.69) is 15.6 Å². The minimum Gasteiger partial charge on any atom is -0.457 e. The molecule has 1 atom stereocenters. The SMILES string of the molecule is Cc1nn(Cc2cccc(Oc3ccccc3)c2)c(C)c1NC(=O)C1CC(c2c(F)cccc2Cl)=NO1. The molecule has 4 aromatic rings. The zero-order chi connectivity index (χ0) is 25.9. The van der Waals surface area contributed by atoms with Gasteiger partial charge in [-0.1, -0.05) is 53.2 Å². The van der Waals surface area contributed by atoms with Crippen molar-refractivity contribution in [1.82, 2.24) is 9.78 Å². The van der Waals surface area contributed by atoms with Crippen LogP contribution >= 0.6 is 11.6 Å². The molecule has 1 N–H and O–H groups in total. The third kappa shape index (κ3) is 5.34. The van der Waals surface area contributed by atoms with E-state index in [4.69, 9.17) is 21.2 Å². The second-order valence-corrected chi connectivity index (χ2v) is 9.10. The molecule has 1 aliphatic rings. The highest BCUT2D eigenvalue weighted by Gasteiger charge is 2.32. The number of amides is 1. The number of aryl methyl sites for hydroxylation is 1. The molecule has 0 aliphatic carbocycles. The maximum absolute atomic E-state index is 14.3. The van der Waals surface area contributed by atoms with E-state index in [1.165, 1.54) is 12.1 Å². The highest BCUT2D eigenvalue weighted by atomic mass is 35.5. The molecule has 37 heavy (non-hydrogen) atoms. The second kappa shape index (κ2) is 10.4. The summed E-state index contributed by atoms with van der Waals surface area (Å²) in [5.41, 5.74) is 3.50. The topological polar surface area (TPSA) is 77.7 Å². The van der Waals surface area contributed by atoms with Gasteiger partial charge in [-0.15, -0.1) is 0 Å². The van der Waals surface area contributed by atoms with Crippen LogP contribution in [0.1, 0.15) is 28.9 Å². The number of carbonyl (C=O) groups excluding carboxylic acids is 1. The largest absolute Gasteiger partial charge is 0.457 e. The van der Waals surface area contributed by atoms with Gasteiger partial charge in [0.2, 0.25) is 6.10 Å². The average molecular weight is 519 g/mol. The average Bonchev–Trinajstić information content (AvgIpc) is 3.46. The van der Waals surface area contributed by atoms with Crippen LogP contribution in [0.3, 0.4) is 0 Å². The van der Waals surface area contributed by atoms with Gasteiger partial charge in [-0.2, -0.15) is 5.10 Å². The number of hydrogen-bond donors (Lipinski definition) is 1. The predicted molar refractivity (Wildman–Crippen MR) is 140 cm³/mol. The van der Waals surface area contributed by atoms with Gasteiger partial charge in [-0.3, -0.25) is 9.48 Å². The Hall–Kier alpha value is -4.17. The van der Waals surface area contributed by atoms with Gasteiger partial charge < -0.3 is 14.9 Å². The van der Waals surface area contributed by atoms with Crippen molar-refractivity contribution in [3.63, 3.8) is 0 Å². The van der Waals surface area contributed by atoms with Crippen molar-refractivity contribution in [1.29, 1.82) is 0 Å². The molecule has 2 heterocycles. The van der Waals surface area contributed by atoms with Crippen molar-refractivity contribution in [3.05, 3.63) is 106 Å². The summed E-state index contributed by atoms with van der Waals surface area (Å²) in [5.74, 6) is 0.578. The molecule has 0 bridgehead atoms. The lowest BCUT2D eigenvalue weighted by Crippen LogP contribution is -2.28. The number of benzene rings is 3. The fourth-order valence-corrected chi connectivity index (χ4v) is 4.45. The van der Waals surface area contributed by atoms with Crippen molar-refractivity contribution in [2.75, 3.05) is 5.32 Å². The van der Waals surface area contributed by atoms with E-state index < -0.39 is 17.8 Å². The fourth-order valence-electron chi connectivity index (χ4n) is 4.18. The van der Waals surface area contributed by atoms with Crippen LogP contribution in [0.4, 0.5) is 10.1 Å². The van der Waals surface area contributed by atoms with Crippen LogP contribution in [0.5, 0.6) is 11.5 Å². The number of aromatic nitrogens is 2. The van der Waals surface area contributed by atoms with Crippen LogP contribution in [0.15, 0.2) is 78.0 Å². The first-order chi connectivity index (χ1) is 17.9. The highest BCUT2D eigenvalue weighted by molar-refractivity contribution is 6.34. The number of para-hydroxylation sites is 1. The van der Waals surface area contributed by atoms with E-state index >= 15 is 0 Å². The normalized spacial score (nSPS) is 14.7. The molecule has 0 radical (unpaired) electrons. The Morgan fingerprint density at radius 2 is 1.86 bits per heavy atom. The Morgan fingerprint density at radius 1 is 1.11 bits per heavy atom. The Balaban J connectivity index is 1.26. The van der Waals surface area contributed by atoms with Crippen LogP contribution < -0.4 is 10.1 Å². The van der Waals surface area contributed by atoms with E-state index in [0.29, 0.717) is 23.6 Å². The minimum absolute atomic E-state index is 0.104. The molecule has 9 heteroatoms. The molecule has 1 amide bonds. The van der Waals surface area contributed by atoms with Gasteiger partial charge in [0.15, 0.2) is 0 Å². The molecule has 188 valence electrons. The molecule has 0 saturated heterocycles. The standard InChI is InChI=1S/C28H24ClFN4O3/c1-17-27(31-28(35)25-15-24(33-37-25)26-22(29)12-7-13-23(26)30)18(2)34(32-17)16-19-8-6-11-21(14-19)36-20-9-4-3-5-10-20/h3-14,25H,15-16H2,1-2H3,(H,31,35). The van der Waals surface area contributed by atoms with Crippen molar-refractivity contribution in [2.24, 2.45) is 5.16 Å². The molecule has 0 fully saturated rings. The first kappa shape index (κ1) is 24.5. The lowest BCUT2D eigenvalue weighted by atomic mass is 10.0. The van der Waals surface area contributed by atoms with Crippen LogP contribution in [-0.2, 0) is 16.2 Å². The summed E-state index contributed by atoms with van der Waals surface area (Å²) in [6.45, 7) is 4.20. The summed E-state index contributed by atoms with van der Waals surface area (Å²) in [7, 11) is 0. The maximum atomic E-state index is 14.3. The zero-order valence-electron chi connectivity index (χ0n) is 20.2. The molecule has 1 aromatic heterocycles. The molecule has 0 saturated carbocycles. The van der Waals surface area contributed by atoms with Gasteiger partial charge in [0.05, 0.1) is 39.9 Å². The van der Waals surface area contributed by atoms with Gasteiger partial charge in [0.1, 0.15) is 17.3 Å². The Kier molecular flexibility index (Phi) is 6.92. The predicted octanol–water partition coefficient (Wildman–Crippen LogP) is 6.26. The van der Waals surface area contributed by atoms with E-state index in [-0.39, 0.29) is 17.0 Å². The second-order valence-electron chi connectivity index (χ2n) is 8.69. The third-order valence-corrected chi connectivity index (χ3v) is 6.37. The summed E-state index contributed by atoms with van der Waals surface area (Å²) in [5, 5.41) is 11.6. The van der Waals surface area contributed by atoms with E-state index in [1.807, 2.05) is 73.1 Å². The molecule has 3 aromatic carbocycles.